The van der Waals surface area contributed by atoms with Gasteiger partial charge in [-0.1, -0.05) is 6.07 Å². The van der Waals surface area contributed by atoms with Crippen molar-refractivity contribution < 1.29 is 14.3 Å². The number of benzene rings is 1. The topological polar surface area (TPSA) is 109 Å². The van der Waals surface area contributed by atoms with E-state index < -0.39 is 0 Å². The molecule has 0 saturated carbocycles. The van der Waals surface area contributed by atoms with E-state index in [0.717, 1.165) is 73.5 Å². The molecule has 5 rings (SSSR count). The van der Waals surface area contributed by atoms with Gasteiger partial charge in [-0.2, -0.15) is 0 Å². The van der Waals surface area contributed by atoms with Crippen molar-refractivity contribution >= 4 is 34.9 Å². The maximum absolute atomic E-state index is 11.8. The minimum absolute atomic E-state index is 0.350. The molecular formula is C27H28N6O3S. The highest BCUT2D eigenvalue weighted by Gasteiger charge is 2.25. The molecule has 2 amide bonds. The second kappa shape index (κ2) is 11.5. The molecule has 2 aromatic heterocycles. The summed E-state index contributed by atoms with van der Waals surface area (Å²) in [6.07, 6.45) is 5.39. The molecule has 2 fully saturated rings. The van der Waals surface area contributed by atoms with Gasteiger partial charge in [0.05, 0.1) is 29.1 Å². The van der Waals surface area contributed by atoms with Gasteiger partial charge in [0.25, 0.3) is 11.1 Å². The Morgan fingerprint density at radius 2 is 1.92 bits per heavy atom. The number of methoxy groups -OCH3 is 1. The van der Waals surface area contributed by atoms with E-state index >= 15 is 0 Å². The number of carbonyl (C=O) groups is 2. The molecule has 0 unspecified atom stereocenters. The Bertz CT molecular complexity index is 1310. The molecular weight excluding hydrogens is 488 g/mol. The van der Waals surface area contributed by atoms with Crippen LogP contribution in [0.2, 0.25) is 0 Å². The van der Waals surface area contributed by atoms with Crippen LogP contribution in [0.4, 0.5) is 10.7 Å². The predicted octanol–water partition coefficient (Wildman–Crippen LogP) is 3.88. The number of nitrogens with one attached hydrogen (secondary N) is 2. The summed E-state index contributed by atoms with van der Waals surface area (Å²) in [5, 5.41) is 5.47. The molecule has 190 valence electrons. The number of amides is 2. The number of pyridine rings is 1. The van der Waals surface area contributed by atoms with Crippen molar-refractivity contribution in [2.75, 3.05) is 31.6 Å². The number of rotatable bonds is 8. The monoisotopic (exact) mass is 516 g/mol. The first-order chi connectivity index (χ1) is 18.1. The van der Waals surface area contributed by atoms with Crippen LogP contribution in [0.15, 0.2) is 59.6 Å². The van der Waals surface area contributed by atoms with Gasteiger partial charge in [0, 0.05) is 31.4 Å². The van der Waals surface area contributed by atoms with Crippen molar-refractivity contribution in [3.05, 3.63) is 71.0 Å². The van der Waals surface area contributed by atoms with Crippen molar-refractivity contribution in [2.24, 2.45) is 5.92 Å². The van der Waals surface area contributed by atoms with E-state index in [0.29, 0.717) is 22.5 Å². The van der Waals surface area contributed by atoms with Gasteiger partial charge in [0.15, 0.2) is 0 Å². The van der Waals surface area contributed by atoms with Crippen molar-refractivity contribution in [2.45, 2.75) is 19.4 Å². The zero-order valence-corrected chi connectivity index (χ0v) is 21.3. The molecule has 2 N–H and O–H groups in total. The fraction of sp³-hybridized carbons (Fsp3) is 0.296. The Labute approximate surface area is 219 Å². The number of anilines is 1. The number of imide groups is 1. The molecule has 0 spiro atoms. The van der Waals surface area contributed by atoms with E-state index in [9.17, 15) is 9.59 Å². The van der Waals surface area contributed by atoms with E-state index in [1.807, 2.05) is 42.5 Å². The van der Waals surface area contributed by atoms with Crippen LogP contribution in [0, 0.1) is 5.92 Å². The third-order valence-electron chi connectivity index (χ3n) is 6.41. The largest absolute Gasteiger partial charge is 0.497 e. The van der Waals surface area contributed by atoms with Crippen molar-refractivity contribution in [1.82, 2.24) is 25.6 Å². The van der Waals surface area contributed by atoms with Gasteiger partial charge < -0.3 is 15.0 Å². The number of ether oxygens (including phenoxy) is 1. The van der Waals surface area contributed by atoms with E-state index in [2.05, 4.69) is 25.5 Å². The zero-order chi connectivity index (χ0) is 25.6. The number of carbonyl (C=O) groups excluding carboxylic acids is 2. The highest BCUT2D eigenvalue weighted by atomic mass is 32.2. The molecule has 10 heteroatoms. The minimum Gasteiger partial charge on any atom is -0.497 e. The fourth-order valence-corrected chi connectivity index (χ4v) is 5.06. The Balaban J connectivity index is 1.11. The van der Waals surface area contributed by atoms with E-state index in [1.54, 1.807) is 25.4 Å². The molecule has 2 aliphatic rings. The summed E-state index contributed by atoms with van der Waals surface area (Å²) in [6, 6.07) is 15.8. The molecule has 1 aromatic carbocycles. The minimum atomic E-state index is -0.383. The van der Waals surface area contributed by atoms with E-state index in [1.165, 1.54) is 0 Å². The number of piperidine rings is 1. The van der Waals surface area contributed by atoms with Crippen molar-refractivity contribution in [1.29, 1.82) is 0 Å². The van der Waals surface area contributed by atoms with E-state index in [4.69, 9.17) is 9.72 Å². The maximum Gasteiger partial charge on any atom is 0.290 e. The zero-order valence-electron chi connectivity index (χ0n) is 20.5. The predicted molar refractivity (Wildman–Crippen MR) is 144 cm³/mol. The average molecular weight is 517 g/mol. The number of thioether (sulfide) groups is 1. The van der Waals surface area contributed by atoms with E-state index in [-0.39, 0.29) is 11.1 Å². The number of nitrogens with zero attached hydrogens (tertiary/aromatic N) is 4. The fourth-order valence-electron chi connectivity index (χ4n) is 4.39. The summed E-state index contributed by atoms with van der Waals surface area (Å²) in [5.74, 6) is 1.66. The van der Waals surface area contributed by atoms with Crippen LogP contribution in [0.1, 0.15) is 24.2 Å². The summed E-state index contributed by atoms with van der Waals surface area (Å²) in [5.41, 5.74) is 3.65. The van der Waals surface area contributed by atoms with Gasteiger partial charge in [-0.05, 0) is 85.6 Å². The number of hydrogen-bond donors (Lipinski definition) is 2. The molecule has 0 bridgehead atoms. The maximum atomic E-state index is 11.8. The molecule has 37 heavy (non-hydrogen) atoms. The molecule has 3 aromatic rings. The van der Waals surface area contributed by atoms with Gasteiger partial charge in [-0.15, -0.1) is 0 Å². The second-order valence-corrected chi connectivity index (χ2v) is 9.95. The molecule has 2 saturated heterocycles. The first kappa shape index (κ1) is 24.9. The summed E-state index contributed by atoms with van der Waals surface area (Å²) in [6.45, 7) is 3.38. The van der Waals surface area contributed by atoms with Crippen LogP contribution in [-0.2, 0) is 11.3 Å². The lowest BCUT2D eigenvalue weighted by molar-refractivity contribution is -0.115. The van der Waals surface area contributed by atoms with Gasteiger partial charge in [0.1, 0.15) is 5.75 Å². The standard InChI is InChI=1S/C27H28N6O3S/c1-36-22-7-5-19(6-8-22)23-4-2-3-21(30-23)17-28-16-18-10-13-33(14-11-18)26-29-12-9-20(31-26)15-24-25(34)32-27(35)37-24/h2-9,12,15,18,28H,10-11,13-14,16-17H2,1H3,(H,32,34,35). The number of aromatic nitrogens is 3. The Kier molecular flexibility index (Phi) is 7.76. The normalized spacial score (nSPS) is 17.3. The summed E-state index contributed by atoms with van der Waals surface area (Å²) >= 11 is 0.888. The molecule has 9 nitrogen and oxygen atoms in total. The van der Waals surface area contributed by atoms with Crippen LogP contribution in [-0.4, -0.2) is 52.8 Å². The highest BCUT2D eigenvalue weighted by molar-refractivity contribution is 8.18. The summed E-state index contributed by atoms with van der Waals surface area (Å²) in [7, 11) is 1.66. The third kappa shape index (κ3) is 6.33. The van der Waals surface area contributed by atoms with Crippen LogP contribution < -0.4 is 20.3 Å². The van der Waals surface area contributed by atoms with Crippen LogP contribution in [0.25, 0.3) is 17.3 Å². The summed E-state index contributed by atoms with van der Waals surface area (Å²) < 4.78 is 5.24. The first-order valence-electron chi connectivity index (χ1n) is 12.2. The van der Waals surface area contributed by atoms with Gasteiger partial charge in [-0.25, -0.2) is 9.97 Å². The lowest BCUT2D eigenvalue weighted by Gasteiger charge is -2.32. The summed E-state index contributed by atoms with van der Waals surface area (Å²) in [4.78, 5) is 39.5. The molecule has 0 aliphatic carbocycles. The highest BCUT2D eigenvalue weighted by Crippen LogP contribution is 2.26. The lowest BCUT2D eigenvalue weighted by atomic mass is 9.97. The van der Waals surface area contributed by atoms with Crippen LogP contribution in [0.5, 0.6) is 5.75 Å². The lowest BCUT2D eigenvalue weighted by Crippen LogP contribution is -2.38. The average Bonchev–Trinajstić information content (AvgIpc) is 3.25. The Hall–Kier alpha value is -3.76. The SMILES string of the molecule is COc1ccc(-c2cccc(CNCC3CCN(c4nccc(C=C5SC(=O)NC5=O)n4)CC3)n2)cc1. The van der Waals surface area contributed by atoms with Gasteiger partial charge >= 0.3 is 0 Å². The van der Waals surface area contributed by atoms with Crippen molar-refractivity contribution in [3.63, 3.8) is 0 Å². The molecule has 0 radical (unpaired) electrons. The van der Waals surface area contributed by atoms with Crippen LogP contribution in [0.3, 0.4) is 0 Å². The Morgan fingerprint density at radius 1 is 1.11 bits per heavy atom. The molecule has 4 heterocycles. The first-order valence-corrected chi connectivity index (χ1v) is 13.0. The second-order valence-electron chi connectivity index (χ2n) is 8.94. The third-order valence-corrected chi connectivity index (χ3v) is 7.23. The smallest absolute Gasteiger partial charge is 0.290 e. The van der Waals surface area contributed by atoms with Gasteiger partial charge in [-0.3, -0.25) is 19.9 Å². The number of hydrogen-bond acceptors (Lipinski definition) is 9. The molecule has 2 aliphatic heterocycles. The molecule has 0 atom stereocenters. The Morgan fingerprint density at radius 3 is 2.65 bits per heavy atom. The van der Waals surface area contributed by atoms with Crippen molar-refractivity contribution in [3.8, 4) is 17.0 Å². The van der Waals surface area contributed by atoms with Gasteiger partial charge in [0.2, 0.25) is 5.95 Å². The quantitative estimate of drug-likeness (QED) is 0.431. The van der Waals surface area contributed by atoms with Crippen LogP contribution >= 0.6 is 11.8 Å².